The molecule has 9 heteroatoms. The van der Waals surface area contributed by atoms with E-state index in [1.807, 2.05) is 10.6 Å². The standard InChI is InChI=1S/C24H32N6O3/c1-18-16-28(9-8-19-6-4-3-5-7-19)23-25-21-20(30(23)17-18)22(31)29(24(32)26(21)2)11-10-27-12-14-33-15-13-27/h3-7,18H,8-17H2,1-2H3/t18-/m0/s1. The first kappa shape index (κ1) is 21.9. The summed E-state index contributed by atoms with van der Waals surface area (Å²) in [4.78, 5) is 35.9. The van der Waals surface area contributed by atoms with E-state index in [1.165, 1.54) is 14.7 Å². The third-order valence-corrected chi connectivity index (χ3v) is 6.78. The number of aryl methyl sites for hydroxylation is 1. The lowest BCUT2D eigenvalue weighted by Crippen LogP contribution is -2.45. The summed E-state index contributed by atoms with van der Waals surface area (Å²) in [6.07, 6.45) is 0.902. The minimum Gasteiger partial charge on any atom is -0.379 e. The molecule has 0 amide bonds. The number of ether oxygens (including phenoxy) is 1. The molecule has 0 aliphatic carbocycles. The average Bonchev–Trinajstić information content (AvgIpc) is 3.22. The molecule has 5 rings (SSSR count). The van der Waals surface area contributed by atoms with E-state index in [-0.39, 0.29) is 11.2 Å². The number of hydrogen-bond acceptors (Lipinski definition) is 6. The van der Waals surface area contributed by atoms with Crippen molar-refractivity contribution in [2.45, 2.75) is 26.4 Å². The maximum absolute atomic E-state index is 13.5. The highest BCUT2D eigenvalue weighted by Gasteiger charge is 2.29. The van der Waals surface area contributed by atoms with Gasteiger partial charge in [-0.3, -0.25) is 18.8 Å². The Bertz CT molecular complexity index is 1240. The number of imidazole rings is 1. The summed E-state index contributed by atoms with van der Waals surface area (Å²) in [6, 6.07) is 10.4. The van der Waals surface area contributed by atoms with Gasteiger partial charge < -0.3 is 14.2 Å². The maximum Gasteiger partial charge on any atom is 0.332 e. The number of morpholine rings is 1. The topological polar surface area (TPSA) is 77.5 Å². The number of benzene rings is 1. The van der Waals surface area contributed by atoms with Crippen LogP contribution in [0, 0.1) is 5.92 Å². The number of nitrogens with zero attached hydrogens (tertiary/aromatic N) is 6. The van der Waals surface area contributed by atoms with Crippen LogP contribution in [0.2, 0.25) is 0 Å². The van der Waals surface area contributed by atoms with Gasteiger partial charge in [0, 0.05) is 52.9 Å². The molecule has 2 aliphatic rings. The number of rotatable bonds is 6. The second-order valence-corrected chi connectivity index (χ2v) is 9.23. The van der Waals surface area contributed by atoms with Gasteiger partial charge in [0.05, 0.1) is 13.2 Å². The molecule has 1 atom stereocenters. The van der Waals surface area contributed by atoms with Crippen LogP contribution < -0.4 is 16.1 Å². The summed E-state index contributed by atoms with van der Waals surface area (Å²) in [7, 11) is 1.71. The Hall–Kier alpha value is -2.91. The fourth-order valence-electron chi connectivity index (χ4n) is 4.97. The van der Waals surface area contributed by atoms with Crippen molar-refractivity contribution >= 4 is 17.1 Å². The molecule has 2 aromatic heterocycles. The van der Waals surface area contributed by atoms with E-state index < -0.39 is 0 Å². The first-order valence-corrected chi connectivity index (χ1v) is 11.8. The molecule has 33 heavy (non-hydrogen) atoms. The fourth-order valence-corrected chi connectivity index (χ4v) is 4.97. The van der Waals surface area contributed by atoms with Crippen molar-refractivity contribution in [1.82, 2.24) is 23.6 Å². The highest BCUT2D eigenvalue weighted by molar-refractivity contribution is 5.75. The maximum atomic E-state index is 13.5. The van der Waals surface area contributed by atoms with Gasteiger partial charge in [-0.15, -0.1) is 0 Å². The molecule has 1 saturated heterocycles. The van der Waals surface area contributed by atoms with Gasteiger partial charge in [0.15, 0.2) is 11.2 Å². The molecule has 9 nitrogen and oxygen atoms in total. The second-order valence-electron chi connectivity index (χ2n) is 9.23. The molecular weight excluding hydrogens is 420 g/mol. The summed E-state index contributed by atoms with van der Waals surface area (Å²) in [6.45, 7) is 8.69. The Balaban J connectivity index is 1.49. The SMILES string of the molecule is C[C@H]1CN(CCc2ccccc2)c2nc3c(c(=O)n(CCN4CCOCC4)c(=O)n3C)n2C1. The van der Waals surface area contributed by atoms with Crippen LogP contribution in [0.4, 0.5) is 5.95 Å². The van der Waals surface area contributed by atoms with E-state index in [0.717, 1.165) is 45.1 Å². The lowest BCUT2D eigenvalue weighted by molar-refractivity contribution is 0.0361. The number of aromatic nitrogens is 4. The molecule has 3 aromatic rings. The Labute approximate surface area is 192 Å². The van der Waals surface area contributed by atoms with Crippen molar-refractivity contribution in [2.75, 3.05) is 50.8 Å². The molecule has 0 N–H and O–H groups in total. The summed E-state index contributed by atoms with van der Waals surface area (Å²) in [5.41, 5.74) is 1.74. The Kier molecular flexibility index (Phi) is 6.07. The summed E-state index contributed by atoms with van der Waals surface area (Å²) in [5, 5.41) is 0. The van der Waals surface area contributed by atoms with Gasteiger partial charge >= 0.3 is 5.69 Å². The molecule has 0 radical (unpaired) electrons. The van der Waals surface area contributed by atoms with Gasteiger partial charge in [0.25, 0.3) is 5.56 Å². The summed E-state index contributed by atoms with van der Waals surface area (Å²) < 4.78 is 10.3. The van der Waals surface area contributed by atoms with E-state index in [9.17, 15) is 9.59 Å². The van der Waals surface area contributed by atoms with E-state index >= 15 is 0 Å². The monoisotopic (exact) mass is 452 g/mol. The van der Waals surface area contributed by atoms with Crippen LogP contribution in [0.3, 0.4) is 0 Å². The van der Waals surface area contributed by atoms with Crippen molar-refractivity contribution in [2.24, 2.45) is 13.0 Å². The summed E-state index contributed by atoms with van der Waals surface area (Å²) in [5.74, 6) is 1.17. The lowest BCUT2D eigenvalue weighted by Gasteiger charge is -2.33. The first-order chi connectivity index (χ1) is 16.0. The predicted octanol–water partition coefficient (Wildman–Crippen LogP) is 0.928. The van der Waals surface area contributed by atoms with Crippen molar-refractivity contribution in [3.8, 4) is 0 Å². The Morgan fingerprint density at radius 1 is 1.03 bits per heavy atom. The highest BCUT2D eigenvalue weighted by atomic mass is 16.5. The van der Waals surface area contributed by atoms with Gasteiger partial charge in [0.1, 0.15) is 0 Å². The predicted molar refractivity (Wildman–Crippen MR) is 128 cm³/mol. The third kappa shape index (κ3) is 4.22. The number of anilines is 1. The summed E-state index contributed by atoms with van der Waals surface area (Å²) >= 11 is 0. The average molecular weight is 453 g/mol. The Morgan fingerprint density at radius 3 is 2.55 bits per heavy atom. The van der Waals surface area contributed by atoms with Crippen LogP contribution in [-0.4, -0.2) is 69.5 Å². The van der Waals surface area contributed by atoms with E-state index in [4.69, 9.17) is 9.72 Å². The quantitative estimate of drug-likeness (QED) is 0.554. The largest absolute Gasteiger partial charge is 0.379 e. The van der Waals surface area contributed by atoms with Gasteiger partial charge in [0.2, 0.25) is 5.95 Å². The highest BCUT2D eigenvalue weighted by Crippen LogP contribution is 2.27. The fraction of sp³-hybridized carbons (Fsp3) is 0.542. The molecule has 0 unspecified atom stereocenters. The minimum absolute atomic E-state index is 0.239. The lowest BCUT2D eigenvalue weighted by atomic mass is 10.1. The van der Waals surface area contributed by atoms with Crippen LogP contribution in [0.25, 0.3) is 11.2 Å². The van der Waals surface area contributed by atoms with Gasteiger partial charge in [-0.2, -0.15) is 4.98 Å². The molecule has 4 heterocycles. The van der Waals surface area contributed by atoms with E-state index in [2.05, 4.69) is 41.0 Å². The molecule has 1 fully saturated rings. The molecule has 0 spiro atoms. The number of fused-ring (bicyclic) bond motifs is 3. The van der Waals surface area contributed by atoms with Crippen molar-refractivity contribution in [1.29, 1.82) is 0 Å². The Morgan fingerprint density at radius 2 is 1.79 bits per heavy atom. The smallest absolute Gasteiger partial charge is 0.332 e. The van der Waals surface area contributed by atoms with Gasteiger partial charge in [-0.1, -0.05) is 37.3 Å². The van der Waals surface area contributed by atoms with Crippen LogP contribution in [0.1, 0.15) is 12.5 Å². The normalized spacial score (nSPS) is 19.2. The van der Waals surface area contributed by atoms with Crippen LogP contribution in [-0.2, 0) is 31.3 Å². The molecular formula is C24H32N6O3. The zero-order valence-corrected chi connectivity index (χ0v) is 19.4. The van der Waals surface area contributed by atoms with Crippen molar-refractivity contribution in [3.05, 3.63) is 56.7 Å². The van der Waals surface area contributed by atoms with Crippen LogP contribution in [0.5, 0.6) is 0 Å². The molecule has 0 saturated carbocycles. The molecule has 0 bridgehead atoms. The van der Waals surface area contributed by atoms with Crippen LogP contribution in [0.15, 0.2) is 39.9 Å². The minimum atomic E-state index is -0.305. The molecule has 176 valence electrons. The second kappa shape index (κ2) is 9.15. The third-order valence-electron chi connectivity index (χ3n) is 6.78. The molecule has 2 aliphatic heterocycles. The van der Waals surface area contributed by atoms with Crippen molar-refractivity contribution < 1.29 is 4.74 Å². The van der Waals surface area contributed by atoms with Gasteiger partial charge in [-0.25, -0.2) is 4.79 Å². The molecule has 1 aromatic carbocycles. The van der Waals surface area contributed by atoms with E-state index in [0.29, 0.717) is 43.4 Å². The first-order valence-electron chi connectivity index (χ1n) is 11.8. The van der Waals surface area contributed by atoms with Gasteiger partial charge in [-0.05, 0) is 17.9 Å². The zero-order chi connectivity index (χ0) is 22.9. The number of hydrogen-bond donors (Lipinski definition) is 0. The van der Waals surface area contributed by atoms with E-state index in [1.54, 1.807) is 7.05 Å². The zero-order valence-electron chi connectivity index (χ0n) is 19.4. The van der Waals surface area contributed by atoms with Crippen LogP contribution >= 0.6 is 0 Å². The van der Waals surface area contributed by atoms with Crippen molar-refractivity contribution in [3.63, 3.8) is 0 Å².